The summed E-state index contributed by atoms with van der Waals surface area (Å²) in [4.78, 5) is 10.8. The van der Waals surface area contributed by atoms with E-state index in [9.17, 15) is 5.11 Å². The maximum atomic E-state index is 10.4. The number of hydrogen-bond donors (Lipinski definition) is 1. The van der Waals surface area contributed by atoms with Gasteiger partial charge in [-0.25, -0.2) is 4.98 Å². The van der Waals surface area contributed by atoms with Gasteiger partial charge >= 0.3 is 0 Å². The van der Waals surface area contributed by atoms with Crippen molar-refractivity contribution in [3.05, 3.63) is 17.6 Å². The van der Waals surface area contributed by atoms with E-state index < -0.39 is 5.60 Å². The molecule has 1 aromatic heterocycles. The second kappa shape index (κ2) is 4.61. The van der Waals surface area contributed by atoms with E-state index in [4.69, 9.17) is 0 Å². The minimum atomic E-state index is -0.533. The van der Waals surface area contributed by atoms with Gasteiger partial charge in [0.25, 0.3) is 0 Å². The number of likely N-dealkylation sites (N-methyl/N-ethyl adjacent to an activating group) is 1. The number of aryl methyl sites for hydroxylation is 2. The van der Waals surface area contributed by atoms with Crippen LogP contribution >= 0.6 is 0 Å². The Bertz CT molecular complexity index is 400. The van der Waals surface area contributed by atoms with Crippen LogP contribution in [0, 0.1) is 13.8 Å². The van der Waals surface area contributed by atoms with Crippen molar-refractivity contribution in [2.45, 2.75) is 45.1 Å². The summed E-state index contributed by atoms with van der Waals surface area (Å²) in [5, 5.41) is 10.4. The fraction of sp³-hybridized carbons (Fsp3) is 0.692. The average Bonchev–Trinajstić information content (AvgIpc) is 2.69. The molecule has 0 aliphatic heterocycles. The third-order valence-corrected chi connectivity index (χ3v) is 3.64. The van der Waals surface area contributed by atoms with E-state index in [1.165, 1.54) is 0 Å². The summed E-state index contributed by atoms with van der Waals surface area (Å²) in [5.74, 6) is 0.841. The first kappa shape index (κ1) is 12.3. The Kier molecular flexibility index (Phi) is 3.33. The molecule has 1 N–H and O–H groups in total. The molecule has 94 valence electrons. The monoisotopic (exact) mass is 235 g/mol. The number of nitrogens with zero attached hydrogens (tertiary/aromatic N) is 3. The summed E-state index contributed by atoms with van der Waals surface area (Å²) < 4.78 is 0. The molecular weight excluding hydrogens is 214 g/mol. The van der Waals surface area contributed by atoms with Gasteiger partial charge in [0, 0.05) is 13.6 Å². The van der Waals surface area contributed by atoms with Crippen LogP contribution in [0.3, 0.4) is 0 Å². The molecule has 0 aromatic carbocycles. The largest absolute Gasteiger partial charge is 0.388 e. The van der Waals surface area contributed by atoms with E-state index in [1.54, 1.807) is 6.20 Å². The third-order valence-electron chi connectivity index (χ3n) is 3.64. The normalized spacial score (nSPS) is 18.4. The first-order chi connectivity index (χ1) is 8.00. The highest BCUT2D eigenvalue weighted by Gasteiger charge is 2.32. The minimum Gasteiger partial charge on any atom is -0.388 e. The van der Waals surface area contributed by atoms with Gasteiger partial charge in [-0.15, -0.1) is 0 Å². The van der Waals surface area contributed by atoms with Crippen LogP contribution in [0.1, 0.15) is 37.1 Å². The van der Waals surface area contributed by atoms with E-state index in [1.807, 2.05) is 25.8 Å². The van der Waals surface area contributed by atoms with E-state index >= 15 is 0 Å². The minimum absolute atomic E-state index is 0.533. The van der Waals surface area contributed by atoms with Crippen LogP contribution in [0.4, 0.5) is 5.82 Å². The predicted molar refractivity (Wildman–Crippen MR) is 68.2 cm³/mol. The molecule has 1 saturated carbocycles. The molecule has 1 aromatic rings. The fourth-order valence-electron chi connectivity index (χ4n) is 2.43. The summed E-state index contributed by atoms with van der Waals surface area (Å²) in [6.45, 7) is 4.56. The third kappa shape index (κ3) is 2.75. The summed E-state index contributed by atoms with van der Waals surface area (Å²) in [7, 11) is 1.97. The van der Waals surface area contributed by atoms with Crippen LogP contribution in [-0.2, 0) is 0 Å². The summed E-state index contributed by atoms with van der Waals surface area (Å²) >= 11 is 0. The highest BCUT2D eigenvalue weighted by Crippen LogP contribution is 2.30. The number of anilines is 1. The van der Waals surface area contributed by atoms with E-state index in [0.29, 0.717) is 6.54 Å². The first-order valence-electron chi connectivity index (χ1n) is 6.24. The fourth-order valence-corrected chi connectivity index (χ4v) is 2.43. The van der Waals surface area contributed by atoms with Crippen LogP contribution in [0.25, 0.3) is 0 Å². The number of aliphatic hydroxyl groups is 1. The first-order valence-corrected chi connectivity index (χ1v) is 6.24. The molecule has 4 nitrogen and oxygen atoms in total. The smallest absolute Gasteiger partial charge is 0.147 e. The number of aromatic nitrogens is 2. The van der Waals surface area contributed by atoms with Crippen molar-refractivity contribution >= 4 is 5.82 Å². The van der Waals surface area contributed by atoms with Crippen LogP contribution in [-0.4, -0.2) is 34.3 Å². The lowest BCUT2D eigenvalue weighted by Gasteiger charge is -2.29. The molecule has 2 rings (SSSR count). The molecule has 0 bridgehead atoms. The lowest BCUT2D eigenvalue weighted by atomic mass is 10.0. The molecule has 17 heavy (non-hydrogen) atoms. The van der Waals surface area contributed by atoms with Gasteiger partial charge in [-0.1, -0.05) is 12.8 Å². The Morgan fingerprint density at radius 3 is 2.53 bits per heavy atom. The van der Waals surface area contributed by atoms with Gasteiger partial charge < -0.3 is 10.0 Å². The van der Waals surface area contributed by atoms with Crippen molar-refractivity contribution in [3.63, 3.8) is 0 Å². The average molecular weight is 235 g/mol. The molecule has 0 unspecified atom stereocenters. The van der Waals surface area contributed by atoms with Gasteiger partial charge in [-0.05, 0) is 26.7 Å². The summed E-state index contributed by atoms with van der Waals surface area (Å²) in [6.07, 6.45) is 5.83. The van der Waals surface area contributed by atoms with E-state index in [-0.39, 0.29) is 0 Å². The number of rotatable bonds is 3. The van der Waals surface area contributed by atoms with E-state index in [2.05, 4.69) is 9.97 Å². The maximum absolute atomic E-state index is 10.4. The topological polar surface area (TPSA) is 49.2 Å². The van der Waals surface area contributed by atoms with Crippen LogP contribution in [0.5, 0.6) is 0 Å². The highest BCUT2D eigenvalue weighted by atomic mass is 16.3. The van der Waals surface area contributed by atoms with Crippen molar-refractivity contribution in [1.29, 1.82) is 0 Å². The number of hydrogen-bond acceptors (Lipinski definition) is 4. The van der Waals surface area contributed by atoms with Gasteiger partial charge in [-0.3, -0.25) is 4.98 Å². The molecule has 0 radical (unpaired) electrons. The highest BCUT2D eigenvalue weighted by molar-refractivity contribution is 5.37. The van der Waals surface area contributed by atoms with Crippen LogP contribution in [0.15, 0.2) is 6.20 Å². The van der Waals surface area contributed by atoms with Gasteiger partial charge in [0.05, 0.1) is 23.2 Å². The molecule has 0 atom stereocenters. The second-order valence-electron chi connectivity index (χ2n) is 5.19. The van der Waals surface area contributed by atoms with Gasteiger partial charge in [0.1, 0.15) is 5.82 Å². The van der Waals surface area contributed by atoms with Gasteiger partial charge in [0.2, 0.25) is 0 Å². The van der Waals surface area contributed by atoms with Crippen LogP contribution in [0.2, 0.25) is 0 Å². The molecule has 0 saturated heterocycles. The molecule has 1 aliphatic carbocycles. The lowest BCUT2D eigenvalue weighted by Crippen LogP contribution is -2.39. The summed E-state index contributed by atoms with van der Waals surface area (Å²) in [5.41, 5.74) is 1.38. The van der Waals surface area contributed by atoms with Crippen molar-refractivity contribution in [1.82, 2.24) is 9.97 Å². The standard InChI is InChI=1S/C13H21N3O/c1-10-11(2)15-12(8-14-10)16(3)9-13(17)6-4-5-7-13/h8,17H,4-7,9H2,1-3H3. The van der Waals surface area contributed by atoms with Crippen LogP contribution < -0.4 is 4.90 Å². The van der Waals surface area contributed by atoms with Crippen molar-refractivity contribution in [3.8, 4) is 0 Å². The summed E-state index contributed by atoms with van der Waals surface area (Å²) in [6, 6.07) is 0. The Morgan fingerprint density at radius 1 is 1.29 bits per heavy atom. The van der Waals surface area contributed by atoms with Gasteiger partial charge in [-0.2, -0.15) is 0 Å². The van der Waals surface area contributed by atoms with Gasteiger partial charge in [0.15, 0.2) is 0 Å². The van der Waals surface area contributed by atoms with Crippen molar-refractivity contribution in [2.24, 2.45) is 0 Å². The molecule has 4 heteroatoms. The molecule has 1 aliphatic rings. The lowest BCUT2D eigenvalue weighted by molar-refractivity contribution is 0.0558. The Morgan fingerprint density at radius 2 is 1.94 bits per heavy atom. The molecular formula is C13H21N3O. The zero-order valence-corrected chi connectivity index (χ0v) is 10.9. The Labute approximate surface area is 103 Å². The zero-order chi connectivity index (χ0) is 12.5. The molecule has 1 fully saturated rings. The molecule has 1 heterocycles. The van der Waals surface area contributed by atoms with Crippen molar-refractivity contribution < 1.29 is 5.11 Å². The van der Waals surface area contributed by atoms with E-state index in [0.717, 1.165) is 42.9 Å². The predicted octanol–water partition coefficient (Wildman–Crippen LogP) is 1.83. The SMILES string of the molecule is Cc1ncc(N(C)CC2(O)CCCC2)nc1C. The maximum Gasteiger partial charge on any atom is 0.147 e. The second-order valence-corrected chi connectivity index (χ2v) is 5.19. The molecule has 0 amide bonds. The Balaban J connectivity index is 2.08. The Hall–Kier alpha value is -1.16. The molecule has 0 spiro atoms. The quantitative estimate of drug-likeness (QED) is 0.868. The van der Waals surface area contributed by atoms with Crippen molar-refractivity contribution in [2.75, 3.05) is 18.5 Å². The zero-order valence-electron chi connectivity index (χ0n) is 10.9.